The summed E-state index contributed by atoms with van der Waals surface area (Å²) in [6.45, 7) is 8.52. The largest absolute Gasteiger partial charge is 0.489 e. The minimum Gasteiger partial charge on any atom is -0.489 e. The lowest BCUT2D eigenvalue weighted by Gasteiger charge is -2.49. The van der Waals surface area contributed by atoms with Crippen LogP contribution in [0.2, 0.25) is 0 Å². The Kier molecular flexibility index (Phi) is 8.15. The van der Waals surface area contributed by atoms with Gasteiger partial charge in [-0.15, -0.1) is 0 Å². The number of aromatic carboxylic acids is 1. The van der Waals surface area contributed by atoms with Crippen LogP contribution in [0, 0.1) is 10.8 Å². The molecule has 0 unspecified atom stereocenters. The van der Waals surface area contributed by atoms with Crippen molar-refractivity contribution in [3.8, 4) is 5.75 Å². The Hall–Kier alpha value is -3.72. The zero-order valence-electron chi connectivity index (χ0n) is 24.8. The van der Waals surface area contributed by atoms with Gasteiger partial charge >= 0.3 is 11.9 Å². The number of benzene rings is 2. The zero-order chi connectivity index (χ0) is 31.3. The number of aliphatic carboxylic acids is 1. The minimum absolute atomic E-state index is 0.0454. The third kappa shape index (κ3) is 6.32. The average Bonchev–Trinajstić information content (AvgIpc) is 2.89. The number of Topliss-reactive ketones (excluding diaryl/α,β-unsaturated/α-hetero) is 2. The summed E-state index contributed by atoms with van der Waals surface area (Å²) in [7, 11) is 0. The number of carbonyl (C=O) groups excluding carboxylic acids is 2. The van der Waals surface area contributed by atoms with Gasteiger partial charge in [0.2, 0.25) is 0 Å². The topological polar surface area (TPSA) is 121 Å². The van der Waals surface area contributed by atoms with E-state index in [-0.39, 0.29) is 47.5 Å². The summed E-state index contributed by atoms with van der Waals surface area (Å²) in [5.41, 5.74) is 3.68. The van der Waals surface area contributed by atoms with Crippen molar-refractivity contribution in [3.05, 3.63) is 86.2 Å². The summed E-state index contributed by atoms with van der Waals surface area (Å²) in [6, 6.07) is 12.0. The predicted octanol–water partition coefficient (Wildman–Crippen LogP) is 6.89. The molecule has 1 aliphatic heterocycles. The van der Waals surface area contributed by atoms with Crippen molar-refractivity contribution < 1.29 is 34.1 Å². The van der Waals surface area contributed by atoms with Crippen molar-refractivity contribution in [2.24, 2.45) is 10.8 Å². The average molecular weight is 651 g/mol. The molecule has 2 aromatic rings. The summed E-state index contributed by atoms with van der Waals surface area (Å²) in [6.07, 6.45) is 1.67. The molecule has 0 spiro atoms. The number of allylic oxidation sites excluding steroid dienone is 4. The minimum atomic E-state index is -1.01. The van der Waals surface area contributed by atoms with Gasteiger partial charge in [0.15, 0.2) is 11.6 Å². The lowest BCUT2D eigenvalue weighted by atomic mass is 9.63. The van der Waals surface area contributed by atoms with Gasteiger partial charge in [0.05, 0.1) is 12.0 Å². The fourth-order valence-corrected chi connectivity index (χ4v) is 7.00. The summed E-state index contributed by atoms with van der Waals surface area (Å²) in [4.78, 5) is 53.0. The number of ketones is 2. The monoisotopic (exact) mass is 649 g/mol. The van der Waals surface area contributed by atoms with Crippen LogP contribution in [0.1, 0.15) is 87.2 Å². The van der Waals surface area contributed by atoms with Crippen molar-refractivity contribution in [2.75, 3.05) is 6.54 Å². The second kappa shape index (κ2) is 11.4. The lowest BCUT2D eigenvalue weighted by Crippen LogP contribution is -2.45. The molecule has 1 heterocycles. The summed E-state index contributed by atoms with van der Waals surface area (Å²) >= 11 is 3.59. The molecule has 3 aliphatic rings. The van der Waals surface area contributed by atoms with E-state index >= 15 is 0 Å². The van der Waals surface area contributed by atoms with Gasteiger partial charge < -0.3 is 19.8 Å². The van der Waals surface area contributed by atoms with Crippen LogP contribution >= 0.6 is 15.9 Å². The third-order valence-corrected chi connectivity index (χ3v) is 8.94. The van der Waals surface area contributed by atoms with E-state index in [0.717, 1.165) is 21.4 Å². The van der Waals surface area contributed by atoms with Crippen molar-refractivity contribution in [2.45, 2.75) is 72.3 Å². The van der Waals surface area contributed by atoms with Gasteiger partial charge in [0, 0.05) is 57.9 Å². The summed E-state index contributed by atoms with van der Waals surface area (Å²) < 4.78 is 7.09. The molecule has 0 saturated heterocycles. The second-order valence-electron chi connectivity index (χ2n) is 13.3. The van der Waals surface area contributed by atoms with E-state index in [9.17, 15) is 29.4 Å². The lowest BCUT2D eigenvalue weighted by molar-refractivity contribution is -0.137. The van der Waals surface area contributed by atoms with Gasteiger partial charge in [-0.05, 0) is 59.6 Å². The number of rotatable bonds is 8. The third-order valence-electron chi connectivity index (χ3n) is 8.45. The van der Waals surface area contributed by atoms with E-state index < -0.39 is 17.9 Å². The Balaban J connectivity index is 1.66. The van der Waals surface area contributed by atoms with E-state index in [1.807, 2.05) is 50.8 Å². The number of hydrogen-bond donors (Lipinski definition) is 2. The summed E-state index contributed by atoms with van der Waals surface area (Å²) in [5.74, 6) is -2.17. The smallest absolute Gasteiger partial charge is 0.335 e. The van der Waals surface area contributed by atoms with Crippen molar-refractivity contribution in [3.63, 3.8) is 0 Å². The molecule has 226 valence electrons. The predicted molar refractivity (Wildman–Crippen MR) is 164 cm³/mol. The summed E-state index contributed by atoms with van der Waals surface area (Å²) in [5, 5.41) is 18.8. The normalized spacial score (nSPS) is 19.7. The van der Waals surface area contributed by atoms with Crippen molar-refractivity contribution in [1.82, 2.24) is 4.90 Å². The quantitative estimate of drug-likeness (QED) is 0.317. The van der Waals surface area contributed by atoms with Gasteiger partial charge in [-0.2, -0.15) is 0 Å². The molecule has 9 heteroatoms. The molecule has 43 heavy (non-hydrogen) atoms. The van der Waals surface area contributed by atoms with Crippen LogP contribution in [0.3, 0.4) is 0 Å². The maximum Gasteiger partial charge on any atom is 0.335 e. The number of carbonyl (C=O) groups is 4. The van der Waals surface area contributed by atoms with Crippen LogP contribution < -0.4 is 4.74 Å². The highest BCUT2D eigenvalue weighted by molar-refractivity contribution is 9.10. The Morgan fingerprint density at radius 2 is 1.44 bits per heavy atom. The van der Waals surface area contributed by atoms with Crippen LogP contribution in [-0.2, 0) is 21.0 Å². The van der Waals surface area contributed by atoms with Crippen LogP contribution in [-0.4, -0.2) is 45.2 Å². The SMILES string of the molecule is CC1(C)CC(=O)C2=C(C1)N(CCC(=O)O)C1=C(C(=O)CC(C)(C)C1)C2c1cc(Br)ccc1OCc1ccc(C(=O)O)cc1. The number of carboxylic acids is 2. The fraction of sp³-hybridized carbons (Fsp3) is 0.412. The molecule has 2 aliphatic carbocycles. The van der Waals surface area contributed by atoms with Crippen molar-refractivity contribution >= 4 is 39.4 Å². The Labute approximate surface area is 259 Å². The number of nitrogens with zero attached hydrogens (tertiary/aromatic N) is 1. The molecule has 0 fully saturated rings. The van der Waals surface area contributed by atoms with Gasteiger partial charge in [-0.25, -0.2) is 4.79 Å². The highest BCUT2D eigenvalue weighted by Crippen LogP contribution is 2.55. The standard InChI is InChI=1S/C34H36BrNO7/c1-33(2)14-23-30(25(37)16-33)29(31-24(36(23)12-11-28(39)40)15-34(3,4)17-26(31)38)22-13-21(35)9-10-27(22)43-18-19-5-7-20(8-6-19)32(41)42/h5-10,13,29H,11-12,14-18H2,1-4H3,(H,39,40)(H,41,42). The zero-order valence-corrected chi connectivity index (χ0v) is 26.4. The molecule has 0 atom stereocenters. The van der Waals surface area contributed by atoms with E-state index in [0.29, 0.717) is 48.1 Å². The Bertz CT molecular complexity index is 1530. The molecule has 0 radical (unpaired) electrons. The fourth-order valence-electron chi connectivity index (χ4n) is 6.62. The molecule has 8 nitrogen and oxygen atoms in total. The first-order valence-electron chi connectivity index (χ1n) is 14.4. The van der Waals surface area contributed by atoms with Crippen LogP contribution in [0.15, 0.2) is 69.5 Å². The molecule has 5 rings (SSSR count). The molecule has 2 N–H and O–H groups in total. The number of halogens is 1. The highest BCUT2D eigenvalue weighted by atomic mass is 79.9. The molecule has 0 aromatic heterocycles. The molecule has 0 saturated carbocycles. The number of ether oxygens (including phenoxy) is 1. The first kappa shape index (κ1) is 30.7. The van der Waals surface area contributed by atoms with Crippen molar-refractivity contribution in [1.29, 1.82) is 0 Å². The molecule has 0 bridgehead atoms. The number of carboxylic acid groups (broad SMARTS) is 2. The maximum absolute atomic E-state index is 14.0. The second-order valence-corrected chi connectivity index (χ2v) is 14.2. The number of hydrogen-bond acceptors (Lipinski definition) is 6. The molecular weight excluding hydrogens is 614 g/mol. The molecular formula is C34H36BrNO7. The van der Waals surface area contributed by atoms with Gasteiger partial charge in [0.25, 0.3) is 0 Å². The maximum atomic E-state index is 14.0. The first-order chi connectivity index (χ1) is 20.2. The molecule has 0 amide bonds. The highest BCUT2D eigenvalue weighted by Gasteiger charge is 2.49. The Morgan fingerprint density at radius 1 is 0.884 bits per heavy atom. The van der Waals surface area contributed by atoms with E-state index in [2.05, 4.69) is 15.9 Å². The van der Waals surface area contributed by atoms with E-state index in [1.54, 1.807) is 12.1 Å². The molecule has 2 aromatic carbocycles. The van der Waals surface area contributed by atoms with Gasteiger partial charge in [0.1, 0.15) is 12.4 Å². The Morgan fingerprint density at radius 3 is 1.95 bits per heavy atom. The van der Waals surface area contributed by atoms with Crippen LogP contribution in [0.4, 0.5) is 0 Å². The van der Waals surface area contributed by atoms with E-state index in [1.165, 1.54) is 12.1 Å². The van der Waals surface area contributed by atoms with Crippen LogP contribution in [0.25, 0.3) is 0 Å². The van der Waals surface area contributed by atoms with E-state index in [4.69, 9.17) is 4.74 Å². The first-order valence-corrected chi connectivity index (χ1v) is 15.2. The van der Waals surface area contributed by atoms with Gasteiger partial charge in [-0.3, -0.25) is 14.4 Å². The van der Waals surface area contributed by atoms with Gasteiger partial charge in [-0.1, -0.05) is 55.8 Å². The van der Waals surface area contributed by atoms with Crippen LogP contribution in [0.5, 0.6) is 5.75 Å².